The maximum absolute atomic E-state index is 13.2. The summed E-state index contributed by atoms with van der Waals surface area (Å²) < 4.78 is 6.87. The molecule has 0 saturated carbocycles. The Morgan fingerprint density at radius 1 is 1.03 bits per heavy atom. The average molecular weight is 460 g/mol. The van der Waals surface area contributed by atoms with Gasteiger partial charge in [-0.1, -0.05) is 65.9 Å². The Hall–Kier alpha value is -3.58. The lowest BCUT2D eigenvalue weighted by molar-refractivity contribution is -0.118. The van der Waals surface area contributed by atoms with Crippen molar-refractivity contribution in [2.75, 3.05) is 12.9 Å². The molecule has 0 unspecified atom stereocenters. The van der Waals surface area contributed by atoms with Gasteiger partial charge in [0.2, 0.25) is 5.91 Å². The van der Waals surface area contributed by atoms with Gasteiger partial charge in [0.05, 0.1) is 30.3 Å². The van der Waals surface area contributed by atoms with Crippen LogP contribution in [-0.4, -0.2) is 28.3 Å². The molecular formula is C26H25N3O3S. The molecule has 1 heterocycles. The SMILES string of the molecule is COc1cccc(CNC(=O)CSc2nc3ccccc3c(=O)n2Cc2ccc(C)cc2)c1. The van der Waals surface area contributed by atoms with Crippen LogP contribution in [0.1, 0.15) is 16.7 Å². The van der Waals surface area contributed by atoms with E-state index in [1.54, 1.807) is 17.7 Å². The van der Waals surface area contributed by atoms with Gasteiger partial charge in [0.25, 0.3) is 5.56 Å². The van der Waals surface area contributed by atoms with Crippen molar-refractivity contribution < 1.29 is 9.53 Å². The van der Waals surface area contributed by atoms with E-state index in [0.717, 1.165) is 22.4 Å². The van der Waals surface area contributed by atoms with Crippen molar-refractivity contribution in [3.05, 3.63) is 99.8 Å². The Kier molecular flexibility index (Phi) is 7.10. The summed E-state index contributed by atoms with van der Waals surface area (Å²) in [6.45, 7) is 2.82. The maximum Gasteiger partial charge on any atom is 0.262 e. The van der Waals surface area contributed by atoms with Crippen LogP contribution in [0.5, 0.6) is 5.75 Å². The third-order valence-electron chi connectivity index (χ3n) is 5.24. The highest BCUT2D eigenvalue weighted by Crippen LogP contribution is 2.19. The normalized spacial score (nSPS) is 10.8. The standard InChI is InChI=1S/C26H25N3O3S/c1-18-10-12-19(13-11-18)16-29-25(31)22-8-3-4-9-23(22)28-26(29)33-17-24(30)27-15-20-6-5-7-21(14-20)32-2/h3-14H,15-17H2,1-2H3,(H,27,30). The number of aryl methyl sites for hydroxylation is 1. The molecule has 1 amide bonds. The Bertz CT molecular complexity index is 1330. The van der Waals surface area contributed by atoms with Gasteiger partial charge in [-0.2, -0.15) is 0 Å². The lowest BCUT2D eigenvalue weighted by Crippen LogP contribution is -2.27. The zero-order chi connectivity index (χ0) is 23.2. The molecule has 4 aromatic rings. The molecule has 0 spiro atoms. The summed E-state index contributed by atoms with van der Waals surface area (Å²) >= 11 is 1.26. The topological polar surface area (TPSA) is 73.2 Å². The van der Waals surface area contributed by atoms with Crippen molar-refractivity contribution in [2.45, 2.75) is 25.2 Å². The summed E-state index contributed by atoms with van der Waals surface area (Å²) in [4.78, 5) is 30.4. The molecule has 0 saturated heterocycles. The molecule has 0 aliphatic carbocycles. The number of aromatic nitrogens is 2. The molecule has 1 aromatic heterocycles. The van der Waals surface area contributed by atoms with Crippen molar-refractivity contribution in [2.24, 2.45) is 0 Å². The van der Waals surface area contributed by atoms with E-state index >= 15 is 0 Å². The van der Waals surface area contributed by atoms with Gasteiger partial charge in [-0.25, -0.2) is 4.98 Å². The first-order chi connectivity index (χ1) is 16.0. The van der Waals surface area contributed by atoms with Crippen molar-refractivity contribution in [3.8, 4) is 5.75 Å². The molecular weight excluding hydrogens is 434 g/mol. The quantitative estimate of drug-likeness (QED) is 0.316. The van der Waals surface area contributed by atoms with E-state index in [2.05, 4.69) is 5.32 Å². The van der Waals surface area contributed by atoms with E-state index in [0.29, 0.717) is 29.1 Å². The van der Waals surface area contributed by atoms with Crippen LogP contribution in [0.15, 0.2) is 82.7 Å². The van der Waals surface area contributed by atoms with Crippen LogP contribution >= 0.6 is 11.8 Å². The minimum atomic E-state index is -0.132. The van der Waals surface area contributed by atoms with Crippen LogP contribution in [0, 0.1) is 6.92 Å². The number of hydrogen-bond donors (Lipinski definition) is 1. The van der Waals surface area contributed by atoms with E-state index in [1.165, 1.54) is 11.8 Å². The predicted molar refractivity (Wildman–Crippen MR) is 132 cm³/mol. The number of ether oxygens (including phenoxy) is 1. The number of fused-ring (bicyclic) bond motifs is 1. The smallest absolute Gasteiger partial charge is 0.262 e. The molecule has 0 radical (unpaired) electrons. The molecule has 0 aliphatic rings. The van der Waals surface area contributed by atoms with Crippen LogP contribution in [0.25, 0.3) is 10.9 Å². The van der Waals surface area contributed by atoms with Crippen LogP contribution in [0.3, 0.4) is 0 Å². The number of nitrogens with one attached hydrogen (secondary N) is 1. The summed E-state index contributed by atoms with van der Waals surface area (Å²) in [6, 6.07) is 22.9. The zero-order valence-corrected chi connectivity index (χ0v) is 19.4. The van der Waals surface area contributed by atoms with Gasteiger partial charge in [0, 0.05) is 6.54 Å². The first-order valence-corrected chi connectivity index (χ1v) is 11.6. The Morgan fingerprint density at radius 3 is 2.61 bits per heavy atom. The van der Waals surface area contributed by atoms with Gasteiger partial charge >= 0.3 is 0 Å². The van der Waals surface area contributed by atoms with Gasteiger partial charge in [-0.05, 0) is 42.3 Å². The largest absolute Gasteiger partial charge is 0.497 e. The number of para-hydroxylation sites is 1. The number of methoxy groups -OCH3 is 1. The minimum absolute atomic E-state index is 0.111. The number of thioether (sulfide) groups is 1. The highest BCUT2D eigenvalue weighted by Gasteiger charge is 2.14. The van der Waals surface area contributed by atoms with Gasteiger partial charge in [0.15, 0.2) is 5.16 Å². The lowest BCUT2D eigenvalue weighted by Gasteiger charge is -2.13. The van der Waals surface area contributed by atoms with E-state index in [-0.39, 0.29) is 17.2 Å². The number of rotatable bonds is 8. The minimum Gasteiger partial charge on any atom is -0.497 e. The summed E-state index contributed by atoms with van der Waals surface area (Å²) in [5.41, 5.74) is 3.63. The Balaban J connectivity index is 1.52. The Labute approximate surface area is 196 Å². The molecule has 7 heteroatoms. The highest BCUT2D eigenvalue weighted by atomic mass is 32.2. The lowest BCUT2D eigenvalue weighted by atomic mass is 10.1. The zero-order valence-electron chi connectivity index (χ0n) is 18.6. The summed E-state index contributed by atoms with van der Waals surface area (Å²) in [6.07, 6.45) is 0. The number of amides is 1. The monoisotopic (exact) mass is 459 g/mol. The molecule has 33 heavy (non-hydrogen) atoms. The molecule has 1 N–H and O–H groups in total. The van der Waals surface area contributed by atoms with E-state index < -0.39 is 0 Å². The van der Waals surface area contributed by atoms with Crippen LogP contribution in [0.4, 0.5) is 0 Å². The molecule has 6 nitrogen and oxygen atoms in total. The summed E-state index contributed by atoms with van der Waals surface area (Å²) in [5.74, 6) is 0.770. The van der Waals surface area contributed by atoms with Crippen LogP contribution < -0.4 is 15.6 Å². The van der Waals surface area contributed by atoms with Crippen LogP contribution in [-0.2, 0) is 17.9 Å². The second kappa shape index (κ2) is 10.4. The first kappa shape index (κ1) is 22.6. The number of carbonyl (C=O) groups is 1. The molecule has 0 fully saturated rings. The van der Waals surface area contributed by atoms with E-state index in [1.807, 2.05) is 73.7 Å². The van der Waals surface area contributed by atoms with Crippen LogP contribution in [0.2, 0.25) is 0 Å². The highest BCUT2D eigenvalue weighted by molar-refractivity contribution is 7.99. The second-order valence-corrected chi connectivity index (χ2v) is 8.65. The number of carbonyl (C=O) groups excluding carboxylic acids is 1. The number of benzene rings is 3. The van der Waals surface area contributed by atoms with Crippen molar-refractivity contribution in [1.82, 2.24) is 14.9 Å². The third kappa shape index (κ3) is 5.62. The molecule has 168 valence electrons. The predicted octanol–water partition coefficient (Wildman–Crippen LogP) is 4.17. The molecule has 4 rings (SSSR count). The number of nitrogens with zero attached hydrogens (tertiary/aromatic N) is 2. The maximum atomic E-state index is 13.2. The van der Waals surface area contributed by atoms with Gasteiger partial charge < -0.3 is 10.1 Å². The molecule has 0 aliphatic heterocycles. The molecule has 3 aromatic carbocycles. The van der Waals surface area contributed by atoms with Crippen molar-refractivity contribution in [1.29, 1.82) is 0 Å². The number of hydrogen-bond acceptors (Lipinski definition) is 5. The fourth-order valence-corrected chi connectivity index (χ4v) is 4.27. The fourth-order valence-electron chi connectivity index (χ4n) is 3.44. The van der Waals surface area contributed by atoms with Gasteiger partial charge in [-0.3, -0.25) is 14.2 Å². The second-order valence-electron chi connectivity index (χ2n) is 7.71. The summed E-state index contributed by atoms with van der Waals surface area (Å²) in [5, 5.41) is 4.01. The van der Waals surface area contributed by atoms with Crippen molar-refractivity contribution >= 4 is 28.6 Å². The van der Waals surface area contributed by atoms with E-state index in [9.17, 15) is 9.59 Å². The average Bonchev–Trinajstić information content (AvgIpc) is 2.84. The fraction of sp³-hybridized carbons (Fsp3) is 0.192. The van der Waals surface area contributed by atoms with E-state index in [4.69, 9.17) is 9.72 Å². The Morgan fingerprint density at radius 2 is 1.82 bits per heavy atom. The van der Waals surface area contributed by atoms with Gasteiger partial charge in [0.1, 0.15) is 5.75 Å². The van der Waals surface area contributed by atoms with Gasteiger partial charge in [-0.15, -0.1) is 0 Å². The molecule has 0 atom stereocenters. The molecule has 0 bridgehead atoms. The summed E-state index contributed by atoms with van der Waals surface area (Å²) in [7, 11) is 1.61. The van der Waals surface area contributed by atoms with Crippen molar-refractivity contribution in [3.63, 3.8) is 0 Å². The third-order valence-corrected chi connectivity index (χ3v) is 6.22. The first-order valence-electron chi connectivity index (χ1n) is 10.6.